The number of phenolic OH excluding ortho intramolecular Hbond substituents is 1. The number of hydrogen-bond acceptors (Lipinski definition) is 6. The van der Waals surface area contributed by atoms with Crippen molar-refractivity contribution in [1.82, 2.24) is 4.57 Å². The predicted octanol–water partition coefficient (Wildman–Crippen LogP) is 4.80. The molecular formula is C29H23BrN2O4S. The molecule has 0 saturated heterocycles. The van der Waals surface area contributed by atoms with E-state index in [-0.39, 0.29) is 17.4 Å². The van der Waals surface area contributed by atoms with Gasteiger partial charge in [-0.25, -0.2) is 4.99 Å². The molecule has 37 heavy (non-hydrogen) atoms. The number of rotatable bonds is 4. The number of fused-ring (bicyclic) bond motifs is 3. The van der Waals surface area contributed by atoms with Crippen LogP contribution < -0.4 is 24.4 Å². The molecule has 0 amide bonds. The minimum Gasteiger partial charge on any atom is -0.507 e. The first kappa shape index (κ1) is 23.8. The molecule has 1 aliphatic heterocycles. The highest BCUT2D eigenvalue weighted by Gasteiger charge is 2.33. The highest BCUT2D eigenvalue weighted by Crippen LogP contribution is 2.42. The highest BCUT2D eigenvalue weighted by atomic mass is 79.9. The number of nitrogens with zero attached hydrogens (tertiary/aromatic N) is 2. The standard InChI is InChI=1S/C29H23BrN2O4S/c1-35-23-12-8-17(14-24(23)36-2)27-21-10-7-16-5-3-4-6-20(16)26(21)31-29-32(27)28(34)25(37-29)15-18-13-19(30)9-11-22(18)33/h3-6,8-9,11-15,27,33H,7,10H2,1-2H3. The van der Waals surface area contributed by atoms with Crippen molar-refractivity contribution in [2.75, 3.05) is 14.2 Å². The quantitative estimate of drug-likeness (QED) is 0.380. The lowest BCUT2D eigenvalue weighted by molar-refractivity contribution is 0.354. The van der Waals surface area contributed by atoms with Gasteiger partial charge in [0, 0.05) is 15.6 Å². The molecule has 8 heteroatoms. The van der Waals surface area contributed by atoms with Crippen LogP contribution in [0.4, 0.5) is 0 Å². The number of hydrogen-bond donors (Lipinski definition) is 1. The fourth-order valence-corrected chi connectivity index (χ4v) is 6.50. The second kappa shape index (κ2) is 9.36. The van der Waals surface area contributed by atoms with Gasteiger partial charge in [0.15, 0.2) is 16.3 Å². The number of benzene rings is 3. The number of allylic oxidation sites excluding steroid dienone is 1. The Morgan fingerprint density at radius 3 is 2.68 bits per heavy atom. The van der Waals surface area contributed by atoms with Crippen LogP contribution in [0.15, 0.2) is 80.5 Å². The molecular weight excluding hydrogens is 552 g/mol. The molecule has 6 rings (SSSR count). The lowest BCUT2D eigenvalue weighted by atomic mass is 9.83. The molecule has 3 aromatic carbocycles. The molecule has 1 atom stereocenters. The molecule has 2 aliphatic rings. The van der Waals surface area contributed by atoms with Crippen molar-refractivity contribution >= 4 is 39.0 Å². The van der Waals surface area contributed by atoms with Gasteiger partial charge in [-0.15, -0.1) is 0 Å². The lowest BCUT2D eigenvalue weighted by Crippen LogP contribution is -2.38. The van der Waals surface area contributed by atoms with Crippen molar-refractivity contribution in [3.63, 3.8) is 0 Å². The molecule has 0 spiro atoms. The van der Waals surface area contributed by atoms with Crippen LogP contribution in [-0.4, -0.2) is 23.9 Å². The molecule has 2 heterocycles. The number of ether oxygens (including phenoxy) is 2. The summed E-state index contributed by atoms with van der Waals surface area (Å²) in [5.74, 6) is 1.35. The van der Waals surface area contributed by atoms with Crippen molar-refractivity contribution in [3.8, 4) is 17.2 Å². The fourth-order valence-electron chi connectivity index (χ4n) is 5.13. The zero-order valence-electron chi connectivity index (χ0n) is 20.2. The molecule has 1 N–H and O–H groups in total. The second-order valence-electron chi connectivity index (χ2n) is 8.93. The van der Waals surface area contributed by atoms with Gasteiger partial charge in [-0.05, 0) is 65.9 Å². The first-order valence-corrected chi connectivity index (χ1v) is 13.4. The number of aryl methyl sites for hydroxylation is 1. The van der Waals surface area contributed by atoms with Gasteiger partial charge in [-0.3, -0.25) is 9.36 Å². The summed E-state index contributed by atoms with van der Waals surface area (Å²) in [7, 11) is 3.22. The second-order valence-corrected chi connectivity index (χ2v) is 10.9. The van der Waals surface area contributed by atoms with Gasteiger partial charge in [-0.2, -0.15) is 0 Å². The summed E-state index contributed by atoms with van der Waals surface area (Å²) in [5.41, 5.74) is 5.75. The van der Waals surface area contributed by atoms with Crippen LogP contribution in [0, 0.1) is 0 Å². The monoisotopic (exact) mass is 574 g/mol. The van der Waals surface area contributed by atoms with E-state index in [1.54, 1.807) is 43.1 Å². The van der Waals surface area contributed by atoms with Crippen LogP contribution >= 0.6 is 27.3 Å². The summed E-state index contributed by atoms with van der Waals surface area (Å²) in [6, 6.07) is 19.0. The van der Waals surface area contributed by atoms with Crippen LogP contribution in [0.3, 0.4) is 0 Å². The van der Waals surface area contributed by atoms with Gasteiger partial charge in [-0.1, -0.05) is 57.6 Å². The van der Waals surface area contributed by atoms with E-state index in [9.17, 15) is 9.90 Å². The molecule has 1 aliphatic carbocycles. The summed E-state index contributed by atoms with van der Waals surface area (Å²) in [4.78, 5) is 19.6. The molecule has 1 unspecified atom stereocenters. The first-order chi connectivity index (χ1) is 18.0. The van der Waals surface area contributed by atoms with Gasteiger partial charge < -0.3 is 14.6 Å². The third-order valence-corrected chi connectivity index (χ3v) is 8.35. The maximum atomic E-state index is 13.9. The Hall–Kier alpha value is -3.62. The third kappa shape index (κ3) is 4.01. The van der Waals surface area contributed by atoms with Crippen molar-refractivity contribution in [3.05, 3.63) is 113 Å². The molecule has 4 aromatic rings. The molecule has 0 bridgehead atoms. The molecule has 0 saturated carbocycles. The number of methoxy groups -OCH3 is 2. The average molecular weight is 575 g/mol. The Morgan fingerprint density at radius 1 is 1.05 bits per heavy atom. The average Bonchev–Trinajstić information content (AvgIpc) is 3.23. The SMILES string of the molecule is COc1ccc(C2C3=C(N=c4sc(=Cc5cc(Br)ccc5O)c(=O)n42)c2ccccc2CC3)cc1OC. The predicted molar refractivity (Wildman–Crippen MR) is 148 cm³/mol. The van der Waals surface area contributed by atoms with Crippen LogP contribution in [0.1, 0.15) is 34.7 Å². The fraction of sp³-hybridized carbons (Fsp3) is 0.172. The highest BCUT2D eigenvalue weighted by molar-refractivity contribution is 9.10. The number of phenols is 1. The minimum absolute atomic E-state index is 0.110. The number of halogens is 1. The van der Waals surface area contributed by atoms with Gasteiger partial charge in [0.1, 0.15) is 5.75 Å². The zero-order chi connectivity index (χ0) is 25.7. The van der Waals surface area contributed by atoms with E-state index in [1.807, 2.05) is 24.3 Å². The van der Waals surface area contributed by atoms with E-state index in [1.165, 1.54) is 16.9 Å². The Morgan fingerprint density at radius 2 is 1.86 bits per heavy atom. The van der Waals surface area contributed by atoms with E-state index in [2.05, 4.69) is 34.1 Å². The van der Waals surface area contributed by atoms with Crippen molar-refractivity contribution in [2.24, 2.45) is 4.99 Å². The van der Waals surface area contributed by atoms with Gasteiger partial charge in [0.2, 0.25) is 0 Å². The maximum absolute atomic E-state index is 13.9. The van der Waals surface area contributed by atoms with E-state index >= 15 is 0 Å². The summed E-state index contributed by atoms with van der Waals surface area (Å²) in [6.45, 7) is 0. The smallest absolute Gasteiger partial charge is 0.271 e. The normalized spacial score (nSPS) is 16.5. The zero-order valence-corrected chi connectivity index (χ0v) is 22.6. The van der Waals surface area contributed by atoms with E-state index < -0.39 is 0 Å². The minimum atomic E-state index is -0.335. The van der Waals surface area contributed by atoms with Gasteiger partial charge >= 0.3 is 0 Å². The van der Waals surface area contributed by atoms with E-state index in [0.717, 1.165) is 39.7 Å². The molecule has 0 radical (unpaired) electrons. The van der Waals surface area contributed by atoms with Crippen LogP contribution in [0.5, 0.6) is 17.2 Å². The molecule has 6 nitrogen and oxygen atoms in total. The Bertz CT molecular complexity index is 1770. The van der Waals surface area contributed by atoms with E-state index in [0.29, 0.717) is 26.4 Å². The summed E-state index contributed by atoms with van der Waals surface area (Å²) in [5, 5.41) is 10.4. The van der Waals surface area contributed by atoms with Gasteiger partial charge in [0.25, 0.3) is 5.56 Å². The molecule has 1 aromatic heterocycles. The largest absolute Gasteiger partial charge is 0.507 e. The first-order valence-electron chi connectivity index (χ1n) is 11.8. The molecule has 0 fully saturated rings. The van der Waals surface area contributed by atoms with Crippen molar-refractivity contribution in [2.45, 2.75) is 18.9 Å². The Labute approximate surface area is 225 Å². The topological polar surface area (TPSA) is 73.0 Å². The maximum Gasteiger partial charge on any atom is 0.271 e. The summed E-state index contributed by atoms with van der Waals surface area (Å²) >= 11 is 4.78. The van der Waals surface area contributed by atoms with Crippen molar-refractivity contribution in [1.29, 1.82) is 0 Å². The summed E-state index contributed by atoms with van der Waals surface area (Å²) in [6.07, 6.45) is 3.40. The van der Waals surface area contributed by atoms with Crippen molar-refractivity contribution < 1.29 is 14.6 Å². The third-order valence-electron chi connectivity index (χ3n) is 6.87. The Balaban J connectivity index is 1.63. The summed E-state index contributed by atoms with van der Waals surface area (Å²) < 4.78 is 14.2. The van der Waals surface area contributed by atoms with Crippen LogP contribution in [0.25, 0.3) is 11.8 Å². The van der Waals surface area contributed by atoms with Crippen LogP contribution in [-0.2, 0) is 6.42 Å². The number of thiazole rings is 1. The van der Waals surface area contributed by atoms with E-state index in [4.69, 9.17) is 14.5 Å². The van der Waals surface area contributed by atoms with Gasteiger partial charge in [0.05, 0.1) is 30.5 Å². The van der Waals surface area contributed by atoms with Crippen LogP contribution in [0.2, 0.25) is 0 Å². The molecule has 186 valence electrons. The number of aromatic hydroxyl groups is 1. The lowest BCUT2D eigenvalue weighted by Gasteiger charge is -2.31. The Kier molecular flexibility index (Phi) is 6.01. The number of aromatic nitrogens is 1.